The van der Waals surface area contributed by atoms with Crippen LogP contribution in [0.2, 0.25) is 0 Å². The van der Waals surface area contributed by atoms with Crippen LogP contribution in [0.15, 0.2) is 53.6 Å². The van der Waals surface area contributed by atoms with Crippen LogP contribution in [-0.2, 0) is 0 Å². The molecule has 7 heteroatoms. The average molecular weight is 371 g/mol. The van der Waals surface area contributed by atoms with Crippen LogP contribution in [0.1, 0.15) is 28.4 Å². The van der Waals surface area contributed by atoms with Crippen LogP contribution in [0.3, 0.4) is 0 Å². The van der Waals surface area contributed by atoms with E-state index in [2.05, 4.69) is 15.5 Å². The molecule has 1 atom stereocenters. The quantitative estimate of drug-likeness (QED) is 0.721. The van der Waals surface area contributed by atoms with Crippen LogP contribution < -0.4 is 5.32 Å². The highest BCUT2D eigenvalue weighted by atomic mass is 32.2. The molecule has 0 spiro atoms. The van der Waals surface area contributed by atoms with Crippen LogP contribution in [0, 0.1) is 11.6 Å². The van der Waals surface area contributed by atoms with E-state index in [-0.39, 0.29) is 23.6 Å². The number of hydrogen-bond donors (Lipinski definition) is 2. The Labute approximate surface area is 153 Å². The smallest absolute Gasteiger partial charge is 0.255 e. The highest BCUT2D eigenvalue weighted by Gasteiger charge is 2.25. The number of benzene rings is 2. The molecule has 0 saturated carbocycles. The number of aromatic nitrogens is 2. The van der Waals surface area contributed by atoms with Crippen molar-refractivity contribution in [1.29, 1.82) is 0 Å². The largest absolute Gasteiger partial charge is 0.345 e. The Morgan fingerprint density at radius 2 is 1.92 bits per heavy atom. The minimum Gasteiger partial charge on any atom is -0.345 e. The van der Waals surface area contributed by atoms with Crippen molar-refractivity contribution in [2.45, 2.75) is 17.4 Å². The van der Waals surface area contributed by atoms with E-state index in [1.54, 1.807) is 30.0 Å². The number of halogens is 2. The maximum absolute atomic E-state index is 13.6. The lowest BCUT2D eigenvalue weighted by Crippen LogP contribution is -2.30. The lowest BCUT2D eigenvalue weighted by atomic mass is 10.0. The van der Waals surface area contributed by atoms with Gasteiger partial charge in [0.05, 0.1) is 23.5 Å². The number of H-pyrrole nitrogens is 1. The van der Waals surface area contributed by atoms with E-state index in [0.29, 0.717) is 16.8 Å². The van der Waals surface area contributed by atoms with Gasteiger partial charge in [0.1, 0.15) is 11.6 Å². The number of aromatic amines is 1. The zero-order chi connectivity index (χ0) is 18.1. The van der Waals surface area contributed by atoms with E-state index in [1.165, 1.54) is 30.5 Å². The fourth-order valence-electron chi connectivity index (χ4n) is 3.05. The van der Waals surface area contributed by atoms with Gasteiger partial charge in [0.15, 0.2) is 0 Å². The summed E-state index contributed by atoms with van der Waals surface area (Å²) in [6.07, 6.45) is 2.16. The fraction of sp³-hybridized carbons (Fsp3) is 0.158. The number of rotatable bonds is 3. The molecular weight excluding hydrogens is 356 g/mol. The second-order valence-electron chi connectivity index (χ2n) is 6.01. The molecule has 0 saturated heterocycles. The number of carbonyl (C=O) groups excluding carboxylic acids is 1. The summed E-state index contributed by atoms with van der Waals surface area (Å²) in [5.41, 5.74) is 2.35. The van der Waals surface area contributed by atoms with E-state index in [1.807, 2.05) is 0 Å². The van der Waals surface area contributed by atoms with Crippen molar-refractivity contribution in [3.63, 3.8) is 0 Å². The minimum atomic E-state index is -0.349. The second kappa shape index (κ2) is 6.92. The summed E-state index contributed by atoms with van der Waals surface area (Å²) in [4.78, 5) is 13.8. The van der Waals surface area contributed by atoms with Gasteiger partial charge in [0.25, 0.3) is 5.91 Å². The second-order valence-corrected chi connectivity index (χ2v) is 7.15. The maximum Gasteiger partial charge on any atom is 0.255 e. The molecule has 26 heavy (non-hydrogen) atoms. The molecule has 0 bridgehead atoms. The standard InChI is InChI=1S/C19H15F2N3OS/c20-12-3-1-11(2-4-12)18-15(10-22-24-18)19(25)23-16-7-8-26-17-6-5-13(21)9-14(16)17/h1-6,9-10,16H,7-8H2,(H,22,24)(H,23,25). The third-order valence-corrected chi connectivity index (χ3v) is 5.46. The number of carbonyl (C=O) groups is 1. The van der Waals surface area contributed by atoms with Gasteiger partial charge in [0.2, 0.25) is 0 Å². The molecule has 1 amide bonds. The number of fused-ring (bicyclic) bond motifs is 1. The van der Waals surface area contributed by atoms with E-state index >= 15 is 0 Å². The minimum absolute atomic E-state index is 0.259. The van der Waals surface area contributed by atoms with Gasteiger partial charge in [-0.2, -0.15) is 5.10 Å². The molecule has 2 aromatic carbocycles. The Bertz CT molecular complexity index is 956. The molecule has 132 valence electrons. The summed E-state index contributed by atoms with van der Waals surface area (Å²) < 4.78 is 26.8. The van der Waals surface area contributed by atoms with E-state index in [0.717, 1.165) is 22.6 Å². The molecule has 2 heterocycles. The van der Waals surface area contributed by atoms with Gasteiger partial charge in [-0.05, 0) is 54.4 Å². The number of thioether (sulfide) groups is 1. The Morgan fingerprint density at radius 3 is 2.73 bits per heavy atom. The summed E-state index contributed by atoms with van der Waals surface area (Å²) in [5, 5.41) is 9.71. The molecule has 1 aliphatic rings. The van der Waals surface area contributed by atoms with Gasteiger partial charge in [0, 0.05) is 16.2 Å². The van der Waals surface area contributed by atoms with Crippen LogP contribution in [0.4, 0.5) is 8.78 Å². The summed E-state index contributed by atoms with van der Waals surface area (Å²) in [6.45, 7) is 0. The highest BCUT2D eigenvalue weighted by molar-refractivity contribution is 7.99. The molecule has 1 unspecified atom stereocenters. The average Bonchev–Trinajstić information content (AvgIpc) is 3.13. The molecule has 3 aromatic rings. The summed E-state index contributed by atoms with van der Waals surface area (Å²) >= 11 is 1.66. The topological polar surface area (TPSA) is 57.8 Å². The zero-order valence-corrected chi connectivity index (χ0v) is 14.4. The van der Waals surface area contributed by atoms with Crippen LogP contribution in [-0.4, -0.2) is 21.9 Å². The lowest BCUT2D eigenvalue weighted by Gasteiger charge is -2.26. The Hall–Kier alpha value is -2.67. The highest BCUT2D eigenvalue weighted by Crippen LogP contribution is 2.36. The predicted octanol–water partition coefficient (Wildman–Crippen LogP) is 4.32. The van der Waals surface area contributed by atoms with Crippen molar-refractivity contribution >= 4 is 17.7 Å². The third-order valence-electron chi connectivity index (χ3n) is 4.33. The third kappa shape index (κ3) is 3.22. The van der Waals surface area contributed by atoms with E-state index in [4.69, 9.17) is 0 Å². The Kier molecular flexibility index (Phi) is 4.46. The van der Waals surface area contributed by atoms with Gasteiger partial charge in [-0.25, -0.2) is 8.78 Å². The fourth-order valence-corrected chi connectivity index (χ4v) is 4.15. The monoisotopic (exact) mass is 371 g/mol. The lowest BCUT2D eigenvalue weighted by molar-refractivity contribution is 0.0935. The summed E-state index contributed by atoms with van der Waals surface area (Å²) in [6, 6.07) is 10.2. The molecule has 1 aromatic heterocycles. The van der Waals surface area contributed by atoms with Crippen molar-refractivity contribution in [1.82, 2.24) is 15.5 Å². The van der Waals surface area contributed by atoms with Gasteiger partial charge >= 0.3 is 0 Å². The van der Waals surface area contributed by atoms with Crippen molar-refractivity contribution in [2.75, 3.05) is 5.75 Å². The van der Waals surface area contributed by atoms with Gasteiger partial charge in [-0.15, -0.1) is 11.8 Å². The molecule has 0 radical (unpaired) electrons. The summed E-state index contributed by atoms with van der Waals surface area (Å²) in [7, 11) is 0. The number of amides is 1. The predicted molar refractivity (Wildman–Crippen MR) is 95.9 cm³/mol. The molecule has 2 N–H and O–H groups in total. The van der Waals surface area contributed by atoms with Crippen molar-refractivity contribution in [3.05, 3.63) is 71.4 Å². The molecule has 0 aliphatic carbocycles. The van der Waals surface area contributed by atoms with Crippen molar-refractivity contribution in [2.24, 2.45) is 0 Å². The van der Waals surface area contributed by atoms with Crippen molar-refractivity contribution < 1.29 is 13.6 Å². The van der Waals surface area contributed by atoms with Gasteiger partial charge in [-0.3, -0.25) is 9.89 Å². The zero-order valence-electron chi connectivity index (χ0n) is 13.6. The maximum atomic E-state index is 13.6. The number of hydrogen-bond acceptors (Lipinski definition) is 3. The first-order valence-electron chi connectivity index (χ1n) is 8.14. The Morgan fingerprint density at radius 1 is 1.15 bits per heavy atom. The summed E-state index contributed by atoms with van der Waals surface area (Å²) in [5.74, 6) is -0.122. The van der Waals surface area contributed by atoms with Crippen molar-refractivity contribution in [3.8, 4) is 11.3 Å². The van der Waals surface area contributed by atoms with Crippen LogP contribution >= 0.6 is 11.8 Å². The molecule has 1 aliphatic heterocycles. The van der Waals surface area contributed by atoms with E-state index < -0.39 is 0 Å². The first-order valence-corrected chi connectivity index (χ1v) is 9.13. The number of nitrogens with zero attached hydrogens (tertiary/aromatic N) is 1. The molecule has 4 nitrogen and oxygen atoms in total. The SMILES string of the molecule is O=C(NC1CCSc2ccc(F)cc21)c1cn[nH]c1-c1ccc(F)cc1. The first kappa shape index (κ1) is 16.8. The normalized spacial score (nSPS) is 16.2. The molecule has 0 fully saturated rings. The number of nitrogens with one attached hydrogen (secondary N) is 2. The Balaban J connectivity index is 1.60. The molecular formula is C19H15F2N3OS. The van der Waals surface area contributed by atoms with E-state index in [9.17, 15) is 13.6 Å². The molecule has 4 rings (SSSR count). The van der Waals surface area contributed by atoms with Crippen LogP contribution in [0.25, 0.3) is 11.3 Å². The van der Waals surface area contributed by atoms with Crippen LogP contribution in [0.5, 0.6) is 0 Å². The first-order chi connectivity index (χ1) is 12.6. The van der Waals surface area contributed by atoms with Gasteiger partial charge < -0.3 is 5.32 Å². The van der Waals surface area contributed by atoms with Gasteiger partial charge in [-0.1, -0.05) is 0 Å².